The van der Waals surface area contributed by atoms with Crippen molar-refractivity contribution in [2.45, 2.75) is 153 Å². The molecule has 0 aliphatic heterocycles. The Morgan fingerprint density at radius 1 is 0.424 bits per heavy atom. The first-order valence-electron chi connectivity index (χ1n) is 13.6. The normalized spacial score (nSPS) is 23.5. The van der Waals surface area contributed by atoms with Crippen LogP contribution in [0.15, 0.2) is 0 Å². The second kappa shape index (κ2) is 16.5. The molecule has 1 radical (unpaired) electrons. The van der Waals surface area contributed by atoms with E-state index in [1.54, 1.807) is 0 Å². The molecule has 0 saturated heterocycles. The summed E-state index contributed by atoms with van der Waals surface area (Å²) in [6.45, 7) is 0. The molecule has 0 aromatic carbocycles. The second-order valence-electron chi connectivity index (χ2n) is 10.5. The van der Waals surface area contributed by atoms with E-state index in [1.165, 1.54) is 128 Å². The van der Waals surface area contributed by atoms with Crippen molar-refractivity contribution in [2.24, 2.45) is 0 Å². The Bertz CT molecular complexity index is 481. The van der Waals surface area contributed by atoms with Gasteiger partial charge in [-0.2, -0.15) is 0 Å². The predicted molar refractivity (Wildman–Crippen MR) is 151 cm³/mol. The Kier molecular flexibility index (Phi) is 14.9. The molecule has 2 nitrogen and oxygen atoms in total. The molecule has 0 amide bonds. The van der Waals surface area contributed by atoms with Crippen molar-refractivity contribution in [3.63, 3.8) is 0 Å². The van der Waals surface area contributed by atoms with Crippen molar-refractivity contribution in [2.75, 3.05) is 0 Å². The van der Waals surface area contributed by atoms with Crippen LogP contribution in [0.3, 0.4) is 0 Å². The minimum atomic E-state index is 0. The van der Waals surface area contributed by atoms with Crippen LogP contribution >= 0.6 is 24.4 Å². The molecular formula is C26H44CoN2S4. The zero-order chi connectivity index (χ0) is 22.8. The molecule has 7 heteroatoms. The number of rotatable bonds is 4. The van der Waals surface area contributed by atoms with E-state index >= 15 is 0 Å². The van der Waals surface area contributed by atoms with E-state index in [0.717, 1.165) is 8.64 Å². The molecule has 4 saturated carbocycles. The van der Waals surface area contributed by atoms with Crippen molar-refractivity contribution in [1.82, 2.24) is 9.80 Å². The fourth-order valence-electron chi connectivity index (χ4n) is 6.63. The zero-order valence-corrected chi connectivity index (χ0v) is 24.6. The van der Waals surface area contributed by atoms with Crippen LogP contribution in [0.2, 0.25) is 0 Å². The first-order chi connectivity index (χ1) is 15.6. The third-order valence-electron chi connectivity index (χ3n) is 8.29. The van der Waals surface area contributed by atoms with Gasteiger partial charge in [-0.25, -0.2) is 0 Å². The smallest absolute Gasteiger partial charge is 0.411 e. The van der Waals surface area contributed by atoms with Crippen molar-refractivity contribution in [3.8, 4) is 0 Å². The van der Waals surface area contributed by atoms with Gasteiger partial charge in [0.25, 0.3) is 0 Å². The predicted octanol–water partition coefficient (Wildman–Crippen LogP) is 7.57. The van der Waals surface area contributed by atoms with Crippen LogP contribution in [0.25, 0.3) is 0 Å². The zero-order valence-electron chi connectivity index (χ0n) is 20.3. The average Bonchev–Trinajstić information content (AvgIpc) is 2.82. The van der Waals surface area contributed by atoms with Gasteiger partial charge < -0.3 is 59.5 Å². The molecule has 0 spiro atoms. The third-order valence-corrected chi connectivity index (χ3v) is 9.14. The molecule has 0 N–H and O–H groups in total. The summed E-state index contributed by atoms with van der Waals surface area (Å²) < 4.78 is 1.47. The maximum Gasteiger partial charge on any atom is 2.00 e. The maximum atomic E-state index is 5.32. The molecule has 0 aromatic rings. The molecule has 0 atom stereocenters. The monoisotopic (exact) mass is 571 g/mol. The molecule has 0 heterocycles. The van der Waals surface area contributed by atoms with Gasteiger partial charge in [-0.3, -0.25) is 0 Å². The summed E-state index contributed by atoms with van der Waals surface area (Å²) in [5.74, 6) is 0. The number of thiocarbonyl (C=S) groups is 2. The van der Waals surface area contributed by atoms with E-state index in [-0.39, 0.29) is 16.8 Å². The van der Waals surface area contributed by atoms with E-state index in [0.29, 0.717) is 24.2 Å². The van der Waals surface area contributed by atoms with E-state index < -0.39 is 0 Å². The number of hydrogen-bond acceptors (Lipinski definition) is 4. The summed E-state index contributed by atoms with van der Waals surface area (Å²) in [7, 11) is 0. The Morgan fingerprint density at radius 2 is 0.606 bits per heavy atom. The van der Waals surface area contributed by atoms with Gasteiger partial charge in [0.2, 0.25) is 0 Å². The van der Waals surface area contributed by atoms with Crippen LogP contribution in [-0.4, -0.2) is 42.6 Å². The topological polar surface area (TPSA) is 6.48 Å². The van der Waals surface area contributed by atoms with Crippen molar-refractivity contribution in [1.29, 1.82) is 0 Å². The summed E-state index contributed by atoms with van der Waals surface area (Å²) in [6.07, 6.45) is 27.0. The Labute approximate surface area is 236 Å². The van der Waals surface area contributed by atoms with Gasteiger partial charge in [0.05, 0.1) is 0 Å². The summed E-state index contributed by atoms with van der Waals surface area (Å²) in [4.78, 5) is 4.87. The number of hydrogen-bond donors (Lipinski definition) is 0. The molecule has 4 rings (SSSR count). The van der Waals surface area contributed by atoms with Crippen LogP contribution in [0.1, 0.15) is 128 Å². The Morgan fingerprint density at radius 3 is 0.758 bits per heavy atom. The summed E-state index contributed by atoms with van der Waals surface area (Å²) in [5, 5.41) is 0. The van der Waals surface area contributed by atoms with Gasteiger partial charge in [0, 0.05) is 24.2 Å². The number of nitrogens with zero attached hydrogens (tertiary/aromatic N) is 2. The largest absolute Gasteiger partial charge is 2.00 e. The fraction of sp³-hybridized carbons (Fsp3) is 0.923. The first kappa shape index (κ1) is 30.0. The van der Waals surface area contributed by atoms with Gasteiger partial charge in [-0.1, -0.05) is 85.7 Å². The van der Waals surface area contributed by atoms with Crippen LogP contribution in [0.4, 0.5) is 0 Å². The van der Waals surface area contributed by atoms with Crippen LogP contribution in [0.5, 0.6) is 0 Å². The van der Waals surface area contributed by atoms with Gasteiger partial charge >= 0.3 is 16.8 Å². The van der Waals surface area contributed by atoms with Gasteiger partial charge in [0.15, 0.2) is 0 Å². The maximum absolute atomic E-state index is 5.32. The minimum absolute atomic E-state index is 0. The first-order valence-corrected chi connectivity index (χ1v) is 15.2. The van der Waals surface area contributed by atoms with E-state index in [9.17, 15) is 0 Å². The van der Waals surface area contributed by atoms with Crippen LogP contribution < -0.4 is 0 Å². The average molecular weight is 572 g/mol. The molecule has 0 unspecified atom stereocenters. The Hall–Kier alpha value is 0.726. The van der Waals surface area contributed by atoms with Crippen LogP contribution in [0, 0.1) is 0 Å². The van der Waals surface area contributed by atoms with E-state index in [2.05, 4.69) is 9.80 Å². The summed E-state index contributed by atoms with van der Waals surface area (Å²) in [5.41, 5.74) is 0. The van der Waals surface area contributed by atoms with Crippen molar-refractivity contribution in [3.05, 3.63) is 0 Å². The molecule has 0 aromatic heterocycles. The molecule has 33 heavy (non-hydrogen) atoms. The molecule has 0 bridgehead atoms. The van der Waals surface area contributed by atoms with Crippen molar-refractivity contribution < 1.29 is 16.8 Å². The molecular weight excluding hydrogens is 528 g/mol. The SMILES string of the molecule is S=C([S-])N(C1CCCCC1)C1CCCCC1.S=C([S-])N(C1CCCCC1)C1CCCCC1.[Co+2]. The quantitative estimate of drug-likeness (QED) is 0.252. The third kappa shape index (κ3) is 9.60. The molecule has 4 aliphatic rings. The summed E-state index contributed by atoms with van der Waals surface area (Å²) in [6, 6.07) is 2.67. The summed E-state index contributed by atoms with van der Waals surface area (Å²) >= 11 is 21.3. The van der Waals surface area contributed by atoms with E-state index in [4.69, 9.17) is 49.7 Å². The molecule has 191 valence electrons. The van der Waals surface area contributed by atoms with Gasteiger partial charge in [-0.05, 0) is 51.4 Å². The Balaban J connectivity index is 0.000000227. The van der Waals surface area contributed by atoms with Crippen molar-refractivity contribution >= 4 is 58.3 Å². The molecule has 4 aliphatic carbocycles. The standard InChI is InChI=1S/2C13H23NS2.Co/c2*15-13(16)14(11-7-3-1-4-8-11)12-9-5-2-6-10-12;/h2*11-12H,1-10H2,(H,15,16);/q;;+2/p-2. The molecule has 4 fully saturated rings. The van der Waals surface area contributed by atoms with Gasteiger partial charge in [-0.15, -0.1) is 0 Å². The fourth-order valence-corrected chi connectivity index (χ4v) is 7.82. The van der Waals surface area contributed by atoms with Crippen LogP contribution in [-0.2, 0) is 42.0 Å². The second-order valence-corrected chi connectivity index (χ2v) is 12.6. The van der Waals surface area contributed by atoms with Gasteiger partial charge in [0.1, 0.15) is 0 Å². The minimum Gasteiger partial charge on any atom is -0.411 e. The van der Waals surface area contributed by atoms with E-state index in [1.807, 2.05) is 0 Å².